The lowest BCUT2D eigenvalue weighted by atomic mass is 9.89. The number of anilines is 2. The van der Waals surface area contributed by atoms with Crippen LogP contribution in [-0.2, 0) is 11.3 Å². The molecule has 2 aromatic carbocycles. The summed E-state index contributed by atoms with van der Waals surface area (Å²) in [5, 5.41) is 18.4. The lowest BCUT2D eigenvalue weighted by Crippen LogP contribution is -2.41. The van der Waals surface area contributed by atoms with Crippen LogP contribution in [0.1, 0.15) is 63.0 Å². The first kappa shape index (κ1) is 29.4. The van der Waals surface area contributed by atoms with Gasteiger partial charge in [0, 0.05) is 36.2 Å². The molecule has 1 aliphatic carbocycles. The molecule has 2 atom stereocenters. The number of fused-ring (bicyclic) bond motifs is 3. The van der Waals surface area contributed by atoms with Crippen LogP contribution >= 0.6 is 0 Å². The summed E-state index contributed by atoms with van der Waals surface area (Å²) >= 11 is 0. The molecule has 0 radical (unpaired) electrons. The van der Waals surface area contributed by atoms with Crippen molar-refractivity contribution in [2.45, 2.75) is 76.5 Å². The Balaban J connectivity index is 1.39. The highest BCUT2D eigenvalue weighted by Gasteiger charge is 2.23. The Labute approximate surface area is 253 Å². The Bertz CT molecular complexity index is 1590. The number of nitrogens with one attached hydrogen (secondary N) is 2. The second-order valence-corrected chi connectivity index (χ2v) is 11.8. The fraction of sp³-hybridized carbons (Fsp3) is 0.471. The van der Waals surface area contributed by atoms with E-state index in [0.717, 1.165) is 85.0 Å². The maximum atomic E-state index is 10.1. The van der Waals surface area contributed by atoms with Crippen molar-refractivity contribution < 1.29 is 14.6 Å². The molecule has 2 aromatic heterocycles. The third kappa shape index (κ3) is 6.34. The summed E-state index contributed by atoms with van der Waals surface area (Å²) in [6, 6.07) is 15.6. The number of hydrogen-bond acceptors (Lipinski definition) is 8. The minimum Gasteiger partial charge on any atom is -0.496 e. The predicted molar refractivity (Wildman–Crippen MR) is 174 cm³/mol. The molecule has 3 heterocycles. The molecule has 1 aliphatic heterocycles. The van der Waals surface area contributed by atoms with Gasteiger partial charge in [-0.1, -0.05) is 43.7 Å². The maximum Gasteiger partial charge on any atom is 0.222 e. The summed E-state index contributed by atoms with van der Waals surface area (Å²) in [6.07, 6.45) is 9.74. The highest BCUT2D eigenvalue weighted by Crippen LogP contribution is 2.36. The van der Waals surface area contributed by atoms with Crippen LogP contribution in [0.3, 0.4) is 0 Å². The first-order chi connectivity index (χ1) is 21.1. The number of rotatable bonds is 11. The maximum absolute atomic E-state index is 10.1. The fourth-order valence-electron chi connectivity index (χ4n) is 6.69. The van der Waals surface area contributed by atoms with Crippen molar-refractivity contribution in [2.75, 3.05) is 38.0 Å². The van der Waals surface area contributed by atoms with Gasteiger partial charge in [0.15, 0.2) is 5.82 Å². The summed E-state index contributed by atoms with van der Waals surface area (Å²) in [7, 11) is 1.73. The smallest absolute Gasteiger partial charge is 0.222 e. The lowest BCUT2D eigenvalue weighted by Gasteiger charge is -2.30. The number of nitrogen functional groups attached to an aromatic ring is 1. The Morgan fingerprint density at radius 1 is 1.14 bits per heavy atom. The van der Waals surface area contributed by atoms with Gasteiger partial charge in [0.05, 0.1) is 31.8 Å². The third-order valence-electron chi connectivity index (χ3n) is 8.83. The molecule has 2 aliphatic rings. The SMILES string of the molecule is CCC[C@@H](CO)Nc1nc(N)nc2c3ccccc3n(Cc3cc(C4=CC(NC5CCOCC5)CCC4)ccc3OC)c12. The summed E-state index contributed by atoms with van der Waals surface area (Å²) in [5.41, 5.74) is 12.6. The second kappa shape index (κ2) is 13.3. The van der Waals surface area contributed by atoms with Crippen molar-refractivity contribution >= 4 is 39.3 Å². The summed E-state index contributed by atoms with van der Waals surface area (Å²) in [6.45, 7) is 4.38. The highest BCUT2D eigenvalue weighted by molar-refractivity contribution is 6.09. The molecule has 228 valence electrons. The van der Waals surface area contributed by atoms with Crippen molar-refractivity contribution in [3.63, 3.8) is 0 Å². The average Bonchev–Trinajstić information content (AvgIpc) is 3.34. The van der Waals surface area contributed by atoms with Gasteiger partial charge in [-0.3, -0.25) is 0 Å². The normalized spacial score (nSPS) is 18.6. The molecule has 1 saturated heterocycles. The summed E-state index contributed by atoms with van der Waals surface area (Å²) in [5.74, 6) is 1.69. The quantitative estimate of drug-likeness (QED) is 0.182. The first-order valence-corrected chi connectivity index (χ1v) is 15.7. The molecule has 1 fully saturated rings. The van der Waals surface area contributed by atoms with Crippen molar-refractivity contribution in [1.29, 1.82) is 0 Å². The number of nitrogens with two attached hydrogens (primary N) is 1. The zero-order valence-electron chi connectivity index (χ0n) is 25.3. The van der Waals surface area contributed by atoms with Crippen LogP contribution in [0, 0.1) is 0 Å². The highest BCUT2D eigenvalue weighted by atomic mass is 16.5. The van der Waals surface area contributed by atoms with E-state index in [2.05, 4.69) is 68.5 Å². The number of allylic oxidation sites excluding steroid dienone is 1. The van der Waals surface area contributed by atoms with Crippen LogP contribution in [0.2, 0.25) is 0 Å². The van der Waals surface area contributed by atoms with E-state index in [9.17, 15) is 5.11 Å². The van der Waals surface area contributed by atoms with Gasteiger partial charge in [0.25, 0.3) is 0 Å². The number of hydrogen-bond donors (Lipinski definition) is 4. The molecule has 1 unspecified atom stereocenters. The van der Waals surface area contributed by atoms with Gasteiger partial charge in [-0.05, 0) is 67.9 Å². The van der Waals surface area contributed by atoms with Gasteiger partial charge < -0.3 is 35.5 Å². The van der Waals surface area contributed by atoms with E-state index in [-0.39, 0.29) is 18.6 Å². The molecule has 0 saturated carbocycles. The Hall–Kier alpha value is -3.66. The van der Waals surface area contributed by atoms with Gasteiger partial charge in [0.2, 0.25) is 5.95 Å². The molecule has 4 aromatic rings. The van der Waals surface area contributed by atoms with Crippen LogP contribution in [-0.4, -0.2) is 64.7 Å². The largest absolute Gasteiger partial charge is 0.496 e. The number of nitrogens with zero attached hydrogens (tertiary/aromatic N) is 3. The Kier molecular flexibility index (Phi) is 9.11. The zero-order chi connectivity index (χ0) is 29.8. The van der Waals surface area contributed by atoms with Gasteiger partial charge >= 0.3 is 0 Å². The number of benzene rings is 2. The van der Waals surface area contributed by atoms with E-state index in [4.69, 9.17) is 15.2 Å². The molecule has 43 heavy (non-hydrogen) atoms. The van der Waals surface area contributed by atoms with Crippen LogP contribution in [0.4, 0.5) is 11.8 Å². The first-order valence-electron chi connectivity index (χ1n) is 15.7. The van der Waals surface area contributed by atoms with E-state index < -0.39 is 0 Å². The molecule has 5 N–H and O–H groups in total. The third-order valence-corrected chi connectivity index (χ3v) is 8.83. The number of ether oxygens (including phenoxy) is 2. The van der Waals surface area contributed by atoms with E-state index in [1.165, 1.54) is 17.6 Å². The standard InChI is InChI=1S/C34H44N6O3/c1-3-7-27(21-41)37-33-32-31(38-34(35)39-33)28-10-4-5-11-29(28)40(32)20-24-18-23(12-13-30(24)42-2)22-8-6-9-26(19-22)36-25-14-16-43-17-15-25/h4-5,10-13,18-19,25-27,36,41H,3,6-9,14-17,20-21H2,1-2H3,(H3,35,37,38,39)/t26?,27-/m0/s1. The van der Waals surface area contributed by atoms with Gasteiger partial charge in [-0.25, -0.2) is 4.98 Å². The van der Waals surface area contributed by atoms with Crippen LogP contribution < -0.4 is 21.1 Å². The van der Waals surface area contributed by atoms with Gasteiger partial charge in [0.1, 0.15) is 16.8 Å². The Morgan fingerprint density at radius 2 is 1.98 bits per heavy atom. The molecule has 0 bridgehead atoms. The summed E-state index contributed by atoms with van der Waals surface area (Å²) in [4.78, 5) is 9.31. The summed E-state index contributed by atoms with van der Waals surface area (Å²) < 4.78 is 13.7. The molecular formula is C34H44N6O3. The number of aliphatic hydroxyl groups excluding tert-OH is 1. The van der Waals surface area contributed by atoms with E-state index in [1.807, 2.05) is 12.1 Å². The number of para-hydroxylation sites is 1. The van der Waals surface area contributed by atoms with E-state index in [1.54, 1.807) is 7.11 Å². The Morgan fingerprint density at radius 3 is 2.77 bits per heavy atom. The predicted octanol–water partition coefficient (Wildman–Crippen LogP) is 5.50. The molecule has 9 heteroatoms. The van der Waals surface area contributed by atoms with Gasteiger partial charge in [-0.15, -0.1) is 0 Å². The minimum atomic E-state index is -0.132. The van der Waals surface area contributed by atoms with Crippen molar-refractivity contribution in [3.05, 3.63) is 59.7 Å². The monoisotopic (exact) mass is 584 g/mol. The zero-order valence-corrected chi connectivity index (χ0v) is 25.3. The molecule has 9 nitrogen and oxygen atoms in total. The van der Waals surface area contributed by atoms with Crippen molar-refractivity contribution in [1.82, 2.24) is 19.9 Å². The van der Waals surface area contributed by atoms with Crippen LogP contribution in [0.5, 0.6) is 5.75 Å². The molecule has 6 rings (SSSR count). The molecular weight excluding hydrogens is 540 g/mol. The van der Waals surface area contributed by atoms with Crippen molar-refractivity contribution in [3.8, 4) is 5.75 Å². The number of methoxy groups -OCH3 is 1. The fourth-order valence-corrected chi connectivity index (χ4v) is 6.69. The molecule has 0 amide bonds. The lowest BCUT2D eigenvalue weighted by molar-refractivity contribution is 0.0759. The van der Waals surface area contributed by atoms with E-state index >= 15 is 0 Å². The topological polar surface area (TPSA) is 119 Å². The number of aromatic nitrogens is 3. The molecule has 0 spiro atoms. The minimum absolute atomic E-state index is 0.00875. The van der Waals surface area contributed by atoms with Gasteiger partial charge in [-0.2, -0.15) is 4.98 Å². The van der Waals surface area contributed by atoms with Crippen LogP contribution in [0.25, 0.3) is 27.5 Å². The second-order valence-electron chi connectivity index (χ2n) is 11.8. The van der Waals surface area contributed by atoms with Crippen LogP contribution in [0.15, 0.2) is 48.5 Å². The number of aliphatic hydroxyl groups is 1. The van der Waals surface area contributed by atoms with E-state index in [0.29, 0.717) is 24.4 Å². The average molecular weight is 585 g/mol. The van der Waals surface area contributed by atoms with Crippen molar-refractivity contribution in [2.24, 2.45) is 0 Å².